The van der Waals surface area contributed by atoms with Gasteiger partial charge in [0.25, 0.3) is 0 Å². The molecule has 0 amide bonds. The summed E-state index contributed by atoms with van der Waals surface area (Å²) in [6.07, 6.45) is 3.35. The van der Waals surface area contributed by atoms with Crippen LogP contribution in [0.15, 0.2) is 82.9 Å². The molecule has 1 aliphatic heterocycles. The number of esters is 1. The van der Waals surface area contributed by atoms with Gasteiger partial charge in [0.2, 0.25) is 0 Å². The van der Waals surface area contributed by atoms with E-state index in [1.165, 1.54) is 12.1 Å². The Morgan fingerprint density at radius 3 is 2.45 bits per heavy atom. The van der Waals surface area contributed by atoms with E-state index in [9.17, 15) is 9.18 Å². The van der Waals surface area contributed by atoms with E-state index in [0.29, 0.717) is 35.0 Å². The number of cyclic esters (lactones) is 1. The van der Waals surface area contributed by atoms with Gasteiger partial charge in [-0.3, -0.25) is 0 Å². The Kier molecular flexibility index (Phi) is 6.18. The SMILES string of the molecule is COc1cc(/C=C2/C=C(c3ccc(F)cc3)OC2=O)ccc1OCc1ccc(Br)cc1. The quantitative estimate of drug-likeness (QED) is 0.313. The fourth-order valence-electron chi connectivity index (χ4n) is 3.06. The van der Waals surface area contributed by atoms with E-state index in [-0.39, 0.29) is 5.82 Å². The third kappa shape index (κ3) is 5.03. The molecule has 0 atom stereocenters. The van der Waals surface area contributed by atoms with Crippen LogP contribution in [0.3, 0.4) is 0 Å². The first kappa shape index (κ1) is 20.9. The van der Waals surface area contributed by atoms with E-state index in [0.717, 1.165) is 15.6 Å². The summed E-state index contributed by atoms with van der Waals surface area (Å²) in [5.41, 5.74) is 2.82. The van der Waals surface area contributed by atoms with Crippen LogP contribution in [0.2, 0.25) is 0 Å². The lowest BCUT2D eigenvalue weighted by Gasteiger charge is -2.11. The number of rotatable bonds is 6. The van der Waals surface area contributed by atoms with E-state index in [4.69, 9.17) is 14.2 Å². The average molecular weight is 481 g/mol. The number of methoxy groups -OCH3 is 1. The summed E-state index contributed by atoms with van der Waals surface area (Å²) in [6, 6.07) is 19.1. The fraction of sp³-hybridized carbons (Fsp3) is 0.0800. The minimum atomic E-state index is -0.464. The lowest BCUT2D eigenvalue weighted by atomic mass is 10.1. The third-order valence-electron chi connectivity index (χ3n) is 4.67. The molecule has 0 aromatic heterocycles. The molecule has 4 rings (SSSR count). The number of carbonyl (C=O) groups excluding carboxylic acids is 1. The van der Waals surface area contributed by atoms with Gasteiger partial charge in [0.1, 0.15) is 18.2 Å². The first-order valence-corrected chi connectivity index (χ1v) is 10.3. The van der Waals surface area contributed by atoms with Crippen molar-refractivity contribution in [1.29, 1.82) is 0 Å². The van der Waals surface area contributed by atoms with E-state index in [2.05, 4.69) is 15.9 Å². The van der Waals surface area contributed by atoms with E-state index in [1.54, 1.807) is 43.5 Å². The molecule has 3 aromatic carbocycles. The second kappa shape index (κ2) is 9.18. The molecule has 0 N–H and O–H groups in total. The molecular formula is C25H18BrFO4. The highest BCUT2D eigenvalue weighted by Crippen LogP contribution is 2.32. The molecule has 0 unspecified atom stereocenters. The van der Waals surface area contributed by atoms with Gasteiger partial charge in [0.15, 0.2) is 11.5 Å². The van der Waals surface area contributed by atoms with Gasteiger partial charge in [-0.1, -0.05) is 34.1 Å². The van der Waals surface area contributed by atoms with Gasteiger partial charge >= 0.3 is 5.97 Å². The molecule has 31 heavy (non-hydrogen) atoms. The van der Waals surface area contributed by atoms with Crippen molar-refractivity contribution >= 4 is 33.7 Å². The number of ether oxygens (including phenoxy) is 3. The number of benzene rings is 3. The summed E-state index contributed by atoms with van der Waals surface area (Å²) in [4.78, 5) is 12.3. The predicted octanol–water partition coefficient (Wildman–Crippen LogP) is 6.16. The monoisotopic (exact) mass is 480 g/mol. The second-order valence-corrected chi connectivity index (χ2v) is 7.75. The summed E-state index contributed by atoms with van der Waals surface area (Å²) < 4.78 is 30.8. The zero-order valence-corrected chi connectivity index (χ0v) is 18.2. The Balaban J connectivity index is 1.52. The molecule has 4 nitrogen and oxygen atoms in total. The maximum atomic E-state index is 13.1. The van der Waals surface area contributed by atoms with Crippen molar-refractivity contribution in [2.24, 2.45) is 0 Å². The molecule has 0 saturated heterocycles. The Bertz CT molecular complexity index is 1170. The van der Waals surface area contributed by atoms with Crippen molar-refractivity contribution in [3.63, 3.8) is 0 Å². The predicted molar refractivity (Wildman–Crippen MR) is 120 cm³/mol. The second-order valence-electron chi connectivity index (χ2n) is 6.83. The number of hydrogen-bond acceptors (Lipinski definition) is 4. The van der Waals surface area contributed by atoms with E-state index < -0.39 is 5.97 Å². The van der Waals surface area contributed by atoms with Crippen molar-refractivity contribution in [3.05, 3.63) is 105 Å². The van der Waals surface area contributed by atoms with Crippen LogP contribution in [-0.2, 0) is 16.1 Å². The van der Waals surface area contributed by atoms with Crippen LogP contribution in [0, 0.1) is 5.82 Å². The molecule has 156 valence electrons. The lowest BCUT2D eigenvalue weighted by Crippen LogP contribution is -1.99. The number of carbonyl (C=O) groups is 1. The Labute approximate surface area is 187 Å². The minimum Gasteiger partial charge on any atom is -0.493 e. The minimum absolute atomic E-state index is 0.348. The fourth-order valence-corrected chi connectivity index (χ4v) is 3.32. The Hall–Kier alpha value is -3.38. The molecule has 0 saturated carbocycles. The van der Waals surface area contributed by atoms with E-state index >= 15 is 0 Å². The smallest absolute Gasteiger partial charge is 0.343 e. The Morgan fingerprint density at radius 1 is 1.00 bits per heavy atom. The highest BCUT2D eigenvalue weighted by atomic mass is 79.9. The maximum Gasteiger partial charge on any atom is 0.343 e. The summed E-state index contributed by atoms with van der Waals surface area (Å²) in [5, 5.41) is 0. The molecule has 0 radical (unpaired) electrons. The summed E-state index contributed by atoms with van der Waals surface area (Å²) >= 11 is 3.41. The zero-order chi connectivity index (χ0) is 21.8. The summed E-state index contributed by atoms with van der Waals surface area (Å²) in [6.45, 7) is 0.403. The van der Waals surface area contributed by atoms with Gasteiger partial charge in [-0.25, -0.2) is 9.18 Å². The van der Waals surface area contributed by atoms with Gasteiger partial charge in [-0.05, 0) is 71.8 Å². The van der Waals surface area contributed by atoms with Gasteiger partial charge < -0.3 is 14.2 Å². The molecular weight excluding hydrogens is 463 g/mol. The van der Waals surface area contributed by atoms with Crippen LogP contribution < -0.4 is 9.47 Å². The zero-order valence-electron chi connectivity index (χ0n) is 16.6. The Morgan fingerprint density at radius 2 is 1.74 bits per heavy atom. The van der Waals surface area contributed by atoms with Crippen LogP contribution in [0.4, 0.5) is 4.39 Å². The lowest BCUT2D eigenvalue weighted by molar-refractivity contribution is -0.130. The van der Waals surface area contributed by atoms with Gasteiger partial charge in [-0.2, -0.15) is 0 Å². The number of hydrogen-bond donors (Lipinski definition) is 0. The third-order valence-corrected chi connectivity index (χ3v) is 5.20. The molecule has 0 aliphatic carbocycles. The standard InChI is InChI=1S/C25H18BrFO4/c1-29-24-13-17(4-11-22(24)30-15-16-2-7-20(26)8-3-16)12-19-14-23(31-25(19)28)18-5-9-21(27)10-6-18/h2-14H,15H2,1H3/b19-12-. The van der Waals surface area contributed by atoms with E-state index in [1.807, 2.05) is 30.3 Å². The van der Waals surface area contributed by atoms with Crippen molar-refractivity contribution in [2.75, 3.05) is 7.11 Å². The number of halogens is 2. The van der Waals surface area contributed by atoms with Gasteiger partial charge in [-0.15, -0.1) is 0 Å². The van der Waals surface area contributed by atoms with Crippen LogP contribution in [-0.4, -0.2) is 13.1 Å². The van der Waals surface area contributed by atoms with Crippen molar-refractivity contribution in [1.82, 2.24) is 0 Å². The van der Waals surface area contributed by atoms with Gasteiger partial charge in [0.05, 0.1) is 12.7 Å². The topological polar surface area (TPSA) is 44.8 Å². The molecule has 1 aliphatic rings. The summed E-state index contributed by atoms with van der Waals surface area (Å²) in [7, 11) is 1.56. The average Bonchev–Trinajstić information content (AvgIpc) is 3.14. The largest absolute Gasteiger partial charge is 0.493 e. The molecule has 6 heteroatoms. The van der Waals surface area contributed by atoms with Crippen LogP contribution in [0.25, 0.3) is 11.8 Å². The normalized spacial score (nSPS) is 14.4. The van der Waals surface area contributed by atoms with Crippen LogP contribution >= 0.6 is 15.9 Å². The molecule has 0 bridgehead atoms. The van der Waals surface area contributed by atoms with Crippen LogP contribution in [0.5, 0.6) is 11.5 Å². The van der Waals surface area contributed by atoms with Crippen molar-refractivity contribution in [3.8, 4) is 11.5 Å². The van der Waals surface area contributed by atoms with Crippen molar-refractivity contribution in [2.45, 2.75) is 6.61 Å². The molecule has 0 spiro atoms. The first-order valence-electron chi connectivity index (χ1n) is 9.48. The highest BCUT2D eigenvalue weighted by molar-refractivity contribution is 9.10. The summed E-state index contributed by atoms with van der Waals surface area (Å²) in [5.74, 6) is 0.732. The maximum absolute atomic E-state index is 13.1. The van der Waals surface area contributed by atoms with Crippen LogP contribution in [0.1, 0.15) is 16.7 Å². The first-order chi connectivity index (χ1) is 15.0. The molecule has 0 fully saturated rings. The molecule has 3 aromatic rings. The molecule has 1 heterocycles. The highest BCUT2D eigenvalue weighted by Gasteiger charge is 2.22. The van der Waals surface area contributed by atoms with Crippen molar-refractivity contribution < 1.29 is 23.4 Å². The van der Waals surface area contributed by atoms with Gasteiger partial charge in [0, 0.05) is 10.0 Å².